The van der Waals surface area contributed by atoms with Crippen molar-refractivity contribution in [2.45, 2.75) is 44.2 Å². The minimum atomic E-state index is -0.504. The van der Waals surface area contributed by atoms with E-state index in [9.17, 15) is 9.90 Å². The molecule has 0 aromatic carbocycles. The van der Waals surface area contributed by atoms with Crippen LogP contribution in [-0.4, -0.2) is 53.3 Å². The Labute approximate surface area is 175 Å². The highest BCUT2D eigenvalue weighted by Gasteiger charge is 2.28. The lowest BCUT2D eigenvalue weighted by Crippen LogP contribution is -2.45. The summed E-state index contributed by atoms with van der Waals surface area (Å²) in [5.41, 5.74) is 2.17. The molecule has 29 heavy (non-hydrogen) atoms. The fourth-order valence-electron chi connectivity index (χ4n) is 3.88. The molecule has 7 nitrogen and oxygen atoms in total. The molecule has 1 fully saturated rings. The standard InChI is InChI=1S/C21H25ClN4O3/c1-26-8-9-29-19-14(10-13-6-7-18(22)23-12-13)11-16(24-20(19)26)21(28)25-15-4-2-3-5-17(15)27/h6-7,11-12,15,17,27H,2-5,8-10H2,1H3,(H,25,28)/t15-,17-/m0/s1. The summed E-state index contributed by atoms with van der Waals surface area (Å²) < 4.78 is 5.90. The molecule has 0 unspecified atom stereocenters. The van der Waals surface area contributed by atoms with Crippen LogP contribution in [-0.2, 0) is 6.42 Å². The van der Waals surface area contributed by atoms with Crippen molar-refractivity contribution < 1.29 is 14.6 Å². The highest BCUT2D eigenvalue weighted by molar-refractivity contribution is 6.29. The van der Waals surface area contributed by atoms with Crippen molar-refractivity contribution in [1.82, 2.24) is 15.3 Å². The summed E-state index contributed by atoms with van der Waals surface area (Å²) in [7, 11) is 1.94. The molecule has 1 aliphatic carbocycles. The molecule has 1 saturated carbocycles. The van der Waals surface area contributed by atoms with Crippen LogP contribution in [0, 0.1) is 0 Å². The number of fused-ring (bicyclic) bond motifs is 1. The molecule has 2 atom stereocenters. The van der Waals surface area contributed by atoms with Crippen molar-refractivity contribution in [3.05, 3.63) is 46.4 Å². The number of aliphatic hydroxyl groups excluding tert-OH is 1. The topological polar surface area (TPSA) is 87.6 Å². The number of rotatable bonds is 4. The molecule has 1 amide bonds. The molecule has 0 spiro atoms. The van der Waals surface area contributed by atoms with Gasteiger partial charge in [0.1, 0.15) is 17.5 Å². The van der Waals surface area contributed by atoms with E-state index < -0.39 is 6.10 Å². The largest absolute Gasteiger partial charge is 0.488 e. The Bertz CT molecular complexity index is 890. The van der Waals surface area contributed by atoms with Crippen molar-refractivity contribution in [2.24, 2.45) is 0 Å². The zero-order chi connectivity index (χ0) is 20.4. The zero-order valence-electron chi connectivity index (χ0n) is 16.4. The molecule has 8 heteroatoms. The number of ether oxygens (including phenoxy) is 1. The number of carbonyl (C=O) groups is 1. The summed E-state index contributed by atoms with van der Waals surface area (Å²) in [6.45, 7) is 1.27. The Hall–Kier alpha value is -2.38. The van der Waals surface area contributed by atoms with E-state index in [-0.39, 0.29) is 11.9 Å². The third-order valence-corrected chi connectivity index (χ3v) is 5.75. The first-order valence-corrected chi connectivity index (χ1v) is 10.4. The third-order valence-electron chi connectivity index (χ3n) is 5.53. The lowest BCUT2D eigenvalue weighted by molar-refractivity contribution is 0.0713. The second-order valence-corrected chi connectivity index (χ2v) is 8.07. The maximum atomic E-state index is 12.9. The summed E-state index contributed by atoms with van der Waals surface area (Å²) in [4.78, 5) is 23.6. The molecule has 4 rings (SSSR count). The van der Waals surface area contributed by atoms with Crippen LogP contribution in [0.3, 0.4) is 0 Å². The predicted octanol–water partition coefficient (Wildman–Crippen LogP) is 2.58. The normalized spacial score (nSPS) is 21.3. The number of nitrogens with zero attached hydrogens (tertiary/aromatic N) is 3. The summed E-state index contributed by atoms with van der Waals surface area (Å²) in [6, 6.07) is 5.20. The van der Waals surface area contributed by atoms with Crippen LogP contribution >= 0.6 is 11.6 Å². The Kier molecular flexibility index (Phi) is 5.87. The summed E-state index contributed by atoms with van der Waals surface area (Å²) in [5, 5.41) is 13.6. The van der Waals surface area contributed by atoms with Crippen molar-refractivity contribution in [3.63, 3.8) is 0 Å². The molecule has 1 aliphatic heterocycles. The van der Waals surface area contributed by atoms with Crippen LogP contribution in [0.15, 0.2) is 24.4 Å². The minimum Gasteiger partial charge on any atom is -0.488 e. The van der Waals surface area contributed by atoms with Crippen LogP contribution in [0.1, 0.15) is 47.3 Å². The number of hydrogen-bond donors (Lipinski definition) is 2. The van der Waals surface area contributed by atoms with Crippen molar-refractivity contribution in [1.29, 1.82) is 0 Å². The molecular formula is C21H25ClN4O3. The zero-order valence-corrected chi connectivity index (χ0v) is 17.2. The number of aromatic nitrogens is 2. The molecule has 154 valence electrons. The first kappa shape index (κ1) is 19.9. The number of halogens is 1. The summed E-state index contributed by atoms with van der Waals surface area (Å²) in [5.74, 6) is 1.08. The van der Waals surface area contributed by atoms with Crippen LogP contribution in [0.4, 0.5) is 5.82 Å². The van der Waals surface area contributed by atoms with E-state index >= 15 is 0 Å². The van der Waals surface area contributed by atoms with Gasteiger partial charge in [0.25, 0.3) is 5.91 Å². The number of hydrogen-bond acceptors (Lipinski definition) is 6. The van der Waals surface area contributed by atoms with Gasteiger partial charge in [-0.1, -0.05) is 30.5 Å². The van der Waals surface area contributed by atoms with Gasteiger partial charge in [-0.2, -0.15) is 0 Å². The average Bonchev–Trinajstić information content (AvgIpc) is 2.72. The lowest BCUT2D eigenvalue weighted by atomic mass is 9.92. The predicted molar refractivity (Wildman–Crippen MR) is 111 cm³/mol. The summed E-state index contributed by atoms with van der Waals surface area (Å²) >= 11 is 5.89. The van der Waals surface area contributed by atoms with E-state index in [0.29, 0.717) is 48.4 Å². The van der Waals surface area contributed by atoms with Gasteiger partial charge < -0.3 is 20.1 Å². The Balaban J connectivity index is 1.64. The van der Waals surface area contributed by atoms with Gasteiger partial charge in [-0.3, -0.25) is 4.79 Å². The number of carbonyl (C=O) groups excluding carboxylic acids is 1. The van der Waals surface area contributed by atoms with E-state index in [0.717, 1.165) is 30.4 Å². The van der Waals surface area contributed by atoms with E-state index in [1.807, 2.05) is 18.0 Å². The minimum absolute atomic E-state index is 0.230. The van der Waals surface area contributed by atoms with Gasteiger partial charge in [0.15, 0.2) is 11.6 Å². The maximum Gasteiger partial charge on any atom is 0.270 e. The number of likely N-dealkylation sites (N-methyl/N-ethyl adjacent to an activating group) is 1. The molecule has 2 aromatic heterocycles. The van der Waals surface area contributed by atoms with Crippen LogP contribution < -0.4 is 15.0 Å². The Morgan fingerprint density at radius 3 is 2.97 bits per heavy atom. The van der Waals surface area contributed by atoms with E-state index in [4.69, 9.17) is 16.3 Å². The smallest absolute Gasteiger partial charge is 0.270 e. The first-order valence-electron chi connectivity index (χ1n) is 9.98. The monoisotopic (exact) mass is 416 g/mol. The van der Waals surface area contributed by atoms with E-state index in [2.05, 4.69) is 15.3 Å². The van der Waals surface area contributed by atoms with Crippen LogP contribution in [0.25, 0.3) is 0 Å². The van der Waals surface area contributed by atoms with Gasteiger partial charge >= 0.3 is 0 Å². The van der Waals surface area contributed by atoms with Gasteiger partial charge in [-0.15, -0.1) is 0 Å². The number of pyridine rings is 2. The highest BCUT2D eigenvalue weighted by atomic mass is 35.5. The maximum absolute atomic E-state index is 12.9. The van der Waals surface area contributed by atoms with Gasteiger partial charge in [0.2, 0.25) is 0 Å². The first-order chi connectivity index (χ1) is 14.0. The Morgan fingerprint density at radius 2 is 2.21 bits per heavy atom. The lowest BCUT2D eigenvalue weighted by Gasteiger charge is -2.30. The molecule has 2 N–H and O–H groups in total. The third kappa shape index (κ3) is 4.46. The Morgan fingerprint density at radius 1 is 1.38 bits per heavy atom. The summed E-state index contributed by atoms with van der Waals surface area (Å²) in [6.07, 6.45) is 5.26. The molecular weight excluding hydrogens is 392 g/mol. The average molecular weight is 417 g/mol. The SMILES string of the molecule is CN1CCOc2c(Cc3ccc(Cl)nc3)cc(C(=O)N[C@H]3CCCC[C@@H]3O)nc21. The molecule has 0 radical (unpaired) electrons. The van der Waals surface area contributed by atoms with E-state index in [1.165, 1.54) is 0 Å². The molecule has 2 aliphatic rings. The number of amides is 1. The number of anilines is 1. The molecule has 0 bridgehead atoms. The molecule has 2 aromatic rings. The fraction of sp³-hybridized carbons (Fsp3) is 0.476. The van der Waals surface area contributed by atoms with E-state index in [1.54, 1.807) is 18.3 Å². The highest BCUT2D eigenvalue weighted by Crippen LogP contribution is 2.34. The number of nitrogens with one attached hydrogen (secondary N) is 1. The molecule has 0 saturated heterocycles. The van der Waals surface area contributed by atoms with Gasteiger partial charge in [-0.25, -0.2) is 9.97 Å². The van der Waals surface area contributed by atoms with Crippen LogP contribution in [0.2, 0.25) is 5.15 Å². The van der Waals surface area contributed by atoms with Gasteiger partial charge in [0.05, 0.1) is 18.7 Å². The second-order valence-electron chi connectivity index (χ2n) is 7.69. The second kappa shape index (κ2) is 8.55. The van der Waals surface area contributed by atoms with Crippen molar-refractivity contribution in [2.75, 3.05) is 25.1 Å². The molecule has 3 heterocycles. The van der Waals surface area contributed by atoms with Crippen molar-refractivity contribution in [3.8, 4) is 5.75 Å². The fourth-order valence-corrected chi connectivity index (χ4v) is 3.99. The quantitative estimate of drug-likeness (QED) is 0.745. The van der Waals surface area contributed by atoms with Crippen LogP contribution in [0.5, 0.6) is 5.75 Å². The van der Waals surface area contributed by atoms with Gasteiger partial charge in [-0.05, 0) is 30.5 Å². The van der Waals surface area contributed by atoms with Crippen molar-refractivity contribution >= 4 is 23.3 Å². The van der Waals surface area contributed by atoms with Gasteiger partial charge in [0, 0.05) is 25.2 Å². The number of aliphatic hydroxyl groups is 1.